The summed E-state index contributed by atoms with van der Waals surface area (Å²) in [6.45, 7) is 0. The molecule has 0 aliphatic rings. The van der Waals surface area contributed by atoms with Crippen molar-refractivity contribution in [2.45, 2.75) is 6.04 Å². The van der Waals surface area contributed by atoms with Gasteiger partial charge in [0.2, 0.25) is 0 Å². The minimum absolute atomic E-state index is 0.322. The topological polar surface area (TPSA) is 67.4 Å². The molecule has 0 bridgehead atoms. The summed E-state index contributed by atoms with van der Waals surface area (Å²) in [6, 6.07) is 16.0. The number of anilines is 1. The van der Waals surface area contributed by atoms with Gasteiger partial charge in [0.1, 0.15) is 5.75 Å². The van der Waals surface area contributed by atoms with Crippen molar-refractivity contribution in [1.82, 2.24) is 5.32 Å². The molecular weight excluding hydrogens is 312 g/mol. The van der Waals surface area contributed by atoms with Gasteiger partial charge in [-0.15, -0.1) is 0 Å². The zero-order valence-corrected chi connectivity index (χ0v) is 13.9. The lowest BCUT2D eigenvalue weighted by molar-refractivity contribution is 0.249. The maximum Gasteiger partial charge on any atom is 0.319 e. The molecule has 0 unspecified atom stereocenters. The van der Waals surface area contributed by atoms with E-state index in [0.717, 1.165) is 5.56 Å². The molecule has 23 heavy (non-hydrogen) atoms. The fourth-order valence-corrected chi connectivity index (χ4v) is 2.95. The van der Waals surface area contributed by atoms with Crippen LogP contribution < -0.4 is 15.4 Å². The van der Waals surface area contributed by atoms with Crippen LogP contribution in [-0.4, -0.2) is 29.4 Å². The zero-order chi connectivity index (χ0) is 16.7. The number of methoxy groups -OCH3 is 1. The average molecular weight is 332 g/mol. The van der Waals surface area contributed by atoms with Crippen LogP contribution >= 0.6 is 0 Å². The van der Waals surface area contributed by atoms with Gasteiger partial charge in [-0.3, -0.25) is 4.21 Å². The molecule has 2 aromatic rings. The van der Waals surface area contributed by atoms with Crippen LogP contribution in [-0.2, 0) is 10.8 Å². The van der Waals surface area contributed by atoms with Gasteiger partial charge in [-0.25, -0.2) is 4.79 Å². The number of hydrogen-bond acceptors (Lipinski definition) is 3. The number of rotatable bonds is 6. The van der Waals surface area contributed by atoms with E-state index in [4.69, 9.17) is 4.74 Å². The number of para-hydroxylation sites is 2. The van der Waals surface area contributed by atoms with Crippen molar-refractivity contribution in [3.63, 3.8) is 0 Å². The van der Waals surface area contributed by atoms with Crippen molar-refractivity contribution in [2.24, 2.45) is 0 Å². The molecule has 0 radical (unpaired) electrons. The van der Waals surface area contributed by atoms with E-state index in [2.05, 4.69) is 10.6 Å². The maximum atomic E-state index is 12.3. The number of benzene rings is 2. The predicted molar refractivity (Wildman–Crippen MR) is 93.3 cm³/mol. The van der Waals surface area contributed by atoms with E-state index >= 15 is 0 Å². The number of nitrogens with one attached hydrogen (secondary N) is 2. The Labute approximate surface area is 138 Å². The Morgan fingerprint density at radius 1 is 1.13 bits per heavy atom. The van der Waals surface area contributed by atoms with Crippen molar-refractivity contribution in [3.8, 4) is 5.75 Å². The first-order valence-electron chi connectivity index (χ1n) is 7.15. The first-order chi connectivity index (χ1) is 11.1. The Balaban J connectivity index is 2.10. The van der Waals surface area contributed by atoms with Crippen LogP contribution in [0.15, 0.2) is 54.6 Å². The zero-order valence-electron chi connectivity index (χ0n) is 13.1. The smallest absolute Gasteiger partial charge is 0.319 e. The summed E-state index contributed by atoms with van der Waals surface area (Å²) in [4.78, 5) is 12.3. The molecule has 0 saturated carbocycles. The monoisotopic (exact) mass is 332 g/mol. The van der Waals surface area contributed by atoms with Crippen LogP contribution in [0, 0.1) is 0 Å². The van der Waals surface area contributed by atoms with Gasteiger partial charge in [-0.2, -0.15) is 0 Å². The van der Waals surface area contributed by atoms with Crippen LogP contribution in [0.25, 0.3) is 0 Å². The van der Waals surface area contributed by atoms with Gasteiger partial charge in [0, 0.05) is 22.8 Å². The Hall–Kier alpha value is -2.34. The number of urea groups is 1. The Morgan fingerprint density at radius 2 is 1.78 bits per heavy atom. The third-order valence-corrected chi connectivity index (χ3v) is 4.07. The Bertz CT molecular complexity index is 677. The summed E-state index contributed by atoms with van der Waals surface area (Å²) in [5, 5.41) is 5.63. The molecule has 0 heterocycles. The van der Waals surface area contributed by atoms with E-state index in [0.29, 0.717) is 17.2 Å². The summed E-state index contributed by atoms with van der Waals surface area (Å²) < 4.78 is 16.8. The molecule has 2 rings (SSSR count). The minimum atomic E-state index is -1.03. The summed E-state index contributed by atoms with van der Waals surface area (Å²) in [5.74, 6) is 0.932. The molecule has 2 amide bonds. The number of amides is 2. The van der Waals surface area contributed by atoms with E-state index in [1.807, 2.05) is 42.5 Å². The van der Waals surface area contributed by atoms with Crippen molar-refractivity contribution in [3.05, 3.63) is 60.2 Å². The summed E-state index contributed by atoms with van der Waals surface area (Å²) in [5.41, 5.74) is 1.50. The van der Waals surface area contributed by atoms with Gasteiger partial charge in [-0.1, -0.05) is 42.5 Å². The molecule has 0 fully saturated rings. The first kappa shape index (κ1) is 17.0. The minimum Gasteiger partial charge on any atom is -0.495 e. The van der Waals surface area contributed by atoms with Crippen LogP contribution in [0.2, 0.25) is 0 Å². The second-order valence-electron chi connectivity index (χ2n) is 5.00. The highest BCUT2D eigenvalue weighted by Crippen LogP contribution is 2.23. The number of carbonyl (C=O) groups excluding carboxylic acids is 1. The molecule has 5 nitrogen and oxygen atoms in total. The summed E-state index contributed by atoms with van der Waals surface area (Å²) in [6.07, 6.45) is 1.62. The lowest BCUT2D eigenvalue weighted by Crippen LogP contribution is -2.35. The van der Waals surface area contributed by atoms with Crippen molar-refractivity contribution in [1.29, 1.82) is 0 Å². The summed E-state index contributed by atoms with van der Waals surface area (Å²) in [7, 11) is 0.515. The maximum absolute atomic E-state index is 12.3. The number of carbonyl (C=O) groups is 1. The number of ether oxygens (including phenoxy) is 1. The molecule has 2 atom stereocenters. The lowest BCUT2D eigenvalue weighted by Gasteiger charge is -2.19. The Morgan fingerprint density at radius 3 is 2.43 bits per heavy atom. The first-order valence-corrected chi connectivity index (χ1v) is 8.88. The molecule has 0 saturated heterocycles. The molecule has 0 aromatic heterocycles. The van der Waals surface area contributed by atoms with E-state index in [1.54, 1.807) is 25.5 Å². The van der Waals surface area contributed by atoms with E-state index in [1.165, 1.54) is 0 Å². The highest BCUT2D eigenvalue weighted by molar-refractivity contribution is 7.84. The molecule has 122 valence electrons. The second kappa shape index (κ2) is 8.33. The molecule has 2 aromatic carbocycles. The highest BCUT2D eigenvalue weighted by Gasteiger charge is 2.16. The molecule has 0 aliphatic carbocycles. The molecule has 0 aliphatic heterocycles. The Kier molecular flexibility index (Phi) is 6.17. The molecule has 6 heteroatoms. The fourth-order valence-electron chi connectivity index (χ4n) is 2.21. The van der Waals surface area contributed by atoms with Gasteiger partial charge < -0.3 is 15.4 Å². The van der Waals surface area contributed by atoms with E-state index < -0.39 is 10.8 Å². The standard InChI is InChI=1S/C17H20N2O3S/c1-22-16-11-7-6-10-14(16)18-17(20)19-15(12-23(2)21)13-8-4-3-5-9-13/h3-11,15H,12H2,1-2H3,(H2,18,19,20)/t15-,23+/m0/s1. The van der Waals surface area contributed by atoms with Gasteiger partial charge in [-0.05, 0) is 17.7 Å². The lowest BCUT2D eigenvalue weighted by atomic mass is 10.1. The van der Waals surface area contributed by atoms with Crippen molar-refractivity contribution in [2.75, 3.05) is 24.4 Å². The quantitative estimate of drug-likeness (QED) is 0.855. The highest BCUT2D eigenvalue weighted by atomic mass is 32.2. The van der Waals surface area contributed by atoms with Crippen LogP contribution in [0.4, 0.5) is 10.5 Å². The molecule has 2 N–H and O–H groups in total. The van der Waals surface area contributed by atoms with Crippen LogP contribution in [0.5, 0.6) is 5.75 Å². The SMILES string of the molecule is COc1ccccc1NC(=O)N[C@@H](C[S@@](C)=O)c1ccccc1. The van der Waals surface area contributed by atoms with Crippen molar-refractivity contribution >= 4 is 22.5 Å². The van der Waals surface area contributed by atoms with E-state index in [-0.39, 0.29) is 12.1 Å². The van der Waals surface area contributed by atoms with Gasteiger partial charge >= 0.3 is 6.03 Å². The largest absolute Gasteiger partial charge is 0.495 e. The third-order valence-electron chi connectivity index (χ3n) is 3.26. The molecule has 0 spiro atoms. The van der Waals surface area contributed by atoms with Crippen LogP contribution in [0.3, 0.4) is 0 Å². The summed E-state index contributed by atoms with van der Waals surface area (Å²) >= 11 is 0. The van der Waals surface area contributed by atoms with E-state index in [9.17, 15) is 9.00 Å². The second-order valence-corrected chi connectivity index (χ2v) is 6.48. The normalized spacial score (nSPS) is 13.0. The fraction of sp³-hybridized carbons (Fsp3) is 0.235. The molecular formula is C17H20N2O3S. The van der Waals surface area contributed by atoms with Crippen LogP contribution in [0.1, 0.15) is 11.6 Å². The third kappa shape index (κ3) is 5.10. The predicted octanol–water partition coefficient (Wildman–Crippen LogP) is 2.94. The number of hydrogen-bond donors (Lipinski definition) is 2. The van der Waals surface area contributed by atoms with Gasteiger partial charge in [0.25, 0.3) is 0 Å². The van der Waals surface area contributed by atoms with Gasteiger partial charge in [0.15, 0.2) is 0 Å². The van der Waals surface area contributed by atoms with Crippen molar-refractivity contribution < 1.29 is 13.7 Å². The van der Waals surface area contributed by atoms with Gasteiger partial charge in [0.05, 0.1) is 18.8 Å². The average Bonchev–Trinajstić information content (AvgIpc) is 2.55.